The van der Waals surface area contributed by atoms with Gasteiger partial charge in [0, 0.05) is 18.7 Å². The molecule has 0 spiro atoms. The molecule has 28 heavy (non-hydrogen) atoms. The number of guanidine groups is 1. The fourth-order valence-corrected chi connectivity index (χ4v) is 3.44. The maximum Gasteiger partial charge on any atom is 0.191 e. The van der Waals surface area contributed by atoms with Gasteiger partial charge < -0.3 is 15.4 Å². The van der Waals surface area contributed by atoms with Crippen molar-refractivity contribution < 1.29 is 4.74 Å². The number of aromatic nitrogens is 3. The summed E-state index contributed by atoms with van der Waals surface area (Å²) in [6.07, 6.45) is 0. The highest BCUT2D eigenvalue weighted by molar-refractivity contribution is 7.07. The van der Waals surface area contributed by atoms with E-state index in [4.69, 9.17) is 4.74 Å². The Balaban J connectivity index is 1.60. The number of hydrogen-bond acceptors (Lipinski definition) is 5. The molecule has 1 unspecified atom stereocenters. The van der Waals surface area contributed by atoms with Gasteiger partial charge in [-0.3, -0.25) is 5.10 Å². The molecule has 2 heterocycles. The van der Waals surface area contributed by atoms with Crippen LogP contribution in [0, 0.1) is 0 Å². The standard InChI is InChI=1S/C20H26N6OS/c1-4-21-20(22-11-14(2)16-9-10-28-13-16)23-12-18-24-19(26-25-18)15-5-7-17(27-3)8-6-15/h5-10,13-14H,4,11-12H2,1-3H3,(H2,21,22,23)(H,24,25,26). The van der Waals surface area contributed by atoms with Crippen molar-refractivity contribution in [3.63, 3.8) is 0 Å². The second-order valence-corrected chi connectivity index (χ2v) is 7.15. The topological polar surface area (TPSA) is 87.2 Å². The van der Waals surface area contributed by atoms with E-state index in [0.717, 1.165) is 30.4 Å². The van der Waals surface area contributed by atoms with Crippen molar-refractivity contribution in [2.75, 3.05) is 20.2 Å². The number of benzene rings is 1. The van der Waals surface area contributed by atoms with Crippen LogP contribution in [0.4, 0.5) is 0 Å². The number of aliphatic imine (C=N–C) groups is 1. The SMILES string of the molecule is CCNC(=NCc1nc(-c2ccc(OC)cc2)n[nH]1)NCC(C)c1ccsc1. The molecule has 8 heteroatoms. The van der Waals surface area contributed by atoms with Crippen molar-refractivity contribution in [3.8, 4) is 17.1 Å². The van der Waals surface area contributed by atoms with Gasteiger partial charge in [-0.1, -0.05) is 6.92 Å². The van der Waals surface area contributed by atoms with Gasteiger partial charge in [-0.25, -0.2) is 9.98 Å². The summed E-state index contributed by atoms with van der Waals surface area (Å²) in [4.78, 5) is 9.15. The molecule has 0 saturated carbocycles. The van der Waals surface area contributed by atoms with Crippen molar-refractivity contribution in [1.82, 2.24) is 25.8 Å². The van der Waals surface area contributed by atoms with Gasteiger partial charge in [-0.2, -0.15) is 16.4 Å². The number of thiophene rings is 1. The number of nitrogens with zero attached hydrogens (tertiary/aromatic N) is 3. The summed E-state index contributed by atoms with van der Waals surface area (Å²) in [6, 6.07) is 9.83. The Morgan fingerprint density at radius 1 is 1.25 bits per heavy atom. The van der Waals surface area contributed by atoms with Crippen LogP contribution < -0.4 is 15.4 Å². The molecule has 1 atom stereocenters. The lowest BCUT2D eigenvalue weighted by atomic mass is 10.1. The summed E-state index contributed by atoms with van der Waals surface area (Å²) in [7, 11) is 1.65. The summed E-state index contributed by atoms with van der Waals surface area (Å²) < 4.78 is 5.18. The second kappa shape index (κ2) is 9.89. The lowest BCUT2D eigenvalue weighted by molar-refractivity contribution is 0.415. The lowest BCUT2D eigenvalue weighted by Gasteiger charge is -2.15. The maximum atomic E-state index is 5.18. The van der Waals surface area contributed by atoms with Gasteiger partial charge in [0.2, 0.25) is 0 Å². The van der Waals surface area contributed by atoms with Crippen LogP contribution >= 0.6 is 11.3 Å². The van der Waals surface area contributed by atoms with Crippen LogP contribution in [0.2, 0.25) is 0 Å². The third kappa shape index (κ3) is 5.32. The zero-order chi connectivity index (χ0) is 19.8. The van der Waals surface area contributed by atoms with Crippen molar-refractivity contribution in [2.45, 2.75) is 26.3 Å². The number of H-pyrrole nitrogens is 1. The Kier molecular flexibility index (Phi) is 7.02. The molecule has 3 rings (SSSR count). The summed E-state index contributed by atoms with van der Waals surface area (Å²) in [5, 5.41) is 18.2. The molecule has 0 radical (unpaired) electrons. The molecular weight excluding hydrogens is 372 g/mol. The minimum Gasteiger partial charge on any atom is -0.497 e. The molecule has 0 bridgehead atoms. The summed E-state index contributed by atoms with van der Waals surface area (Å²) in [5.74, 6) is 3.36. The molecule has 2 aromatic heterocycles. The first kappa shape index (κ1) is 19.9. The lowest BCUT2D eigenvalue weighted by Crippen LogP contribution is -2.39. The zero-order valence-electron chi connectivity index (χ0n) is 16.4. The van der Waals surface area contributed by atoms with E-state index in [2.05, 4.69) is 61.5 Å². The van der Waals surface area contributed by atoms with Gasteiger partial charge >= 0.3 is 0 Å². The van der Waals surface area contributed by atoms with E-state index in [1.54, 1.807) is 18.4 Å². The Labute approximate surface area is 169 Å². The average Bonchev–Trinajstić information content (AvgIpc) is 3.42. The van der Waals surface area contributed by atoms with Crippen molar-refractivity contribution in [1.29, 1.82) is 0 Å². The van der Waals surface area contributed by atoms with Gasteiger partial charge in [-0.05, 0) is 59.5 Å². The molecule has 0 saturated heterocycles. The first-order valence-electron chi connectivity index (χ1n) is 9.29. The maximum absolute atomic E-state index is 5.18. The van der Waals surface area contributed by atoms with E-state index in [1.807, 2.05) is 24.3 Å². The minimum atomic E-state index is 0.419. The van der Waals surface area contributed by atoms with Gasteiger partial charge in [-0.15, -0.1) is 0 Å². The fourth-order valence-electron chi connectivity index (χ4n) is 2.65. The second-order valence-electron chi connectivity index (χ2n) is 6.37. The highest BCUT2D eigenvalue weighted by Gasteiger charge is 2.09. The quantitative estimate of drug-likeness (QED) is 0.400. The molecule has 0 aliphatic carbocycles. The molecule has 0 aliphatic heterocycles. The number of ether oxygens (including phenoxy) is 1. The van der Waals surface area contributed by atoms with E-state index >= 15 is 0 Å². The molecule has 3 aromatic rings. The first-order valence-corrected chi connectivity index (χ1v) is 10.2. The van der Waals surface area contributed by atoms with Crippen LogP contribution in [0.3, 0.4) is 0 Å². The smallest absolute Gasteiger partial charge is 0.191 e. The third-order valence-electron chi connectivity index (χ3n) is 4.30. The third-order valence-corrected chi connectivity index (χ3v) is 5.00. The highest BCUT2D eigenvalue weighted by Crippen LogP contribution is 2.19. The van der Waals surface area contributed by atoms with E-state index in [-0.39, 0.29) is 0 Å². The van der Waals surface area contributed by atoms with Gasteiger partial charge in [0.05, 0.1) is 7.11 Å². The number of hydrogen-bond donors (Lipinski definition) is 3. The summed E-state index contributed by atoms with van der Waals surface area (Å²) in [6.45, 7) is 6.29. The van der Waals surface area contributed by atoms with Crippen molar-refractivity contribution >= 4 is 17.3 Å². The van der Waals surface area contributed by atoms with E-state index < -0.39 is 0 Å². The molecule has 0 amide bonds. The monoisotopic (exact) mass is 398 g/mol. The van der Waals surface area contributed by atoms with Crippen LogP contribution in [0.5, 0.6) is 5.75 Å². The predicted octanol–water partition coefficient (Wildman–Crippen LogP) is 3.40. The van der Waals surface area contributed by atoms with Crippen LogP contribution in [-0.4, -0.2) is 41.3 Å². The fraction of sp³-hybridized carbons (Fsp3) is 0.350. The van der Waals surface area contributed by atoms with Crippen molar-refractivity contribution in [2.24, 2.45) is 4.99 Å². The molecule has 3 N–H and O–H groups in total. The average molecular weight is 399 g/mol. The number of methoxy groups -OCH3 is 1. The van der Waals surface area contributed by atoms with Gasteiger partial charge in [0.15, 0.2) is 11.8 Å². The number of aromatic amines is 1. The first-order chi connectivity index (χ1) is 13.7. The van der Waals surface area contributed by atoms with Crippen LogP contribution in [0.1, 0.15) is 31.2 Å². The molecule has 148 valence electrons. The summed E-state index contributed by atoms with van der Waals surface area (Å²) >= 11 is 1.72. The van der Waals surface area contributed by atoms with Gasteiger partial charge in [0.25, 0.3) is 0 Å². The van der Waals surface area contributed by atoms with Crippen molar-refractivity contribution in [3.05, 3.63) is 52.5 Å². The Bertz CT molecular complexity index is 873. The Morgan fingerprint density at radius 2 is 2.07 bits per heavy atom. The minimum absolute atomic E-state index is 0.419. The number of rotatable bonds is 8. The Hall–Kier alpha value is -2.87. The van der Waals surface area contributed by atoms with E-state index in [0.29, 0.717) is 24.1 Å². The Morgan fingerprint density at radius 3 is 2.75 bits per heavy atom. The summed E-state index contributed by atoms with van der Waals surface area (Å²) in [5.41, 5.74) is 2.27. The highest BCUT2D eigenvalue weighted by atomic mass is 32.1. The largest absolute Gasteiger partial charge is 0.497 e. The molecule has 0 aliphatic rings. The van der Waals surface area contributed by atoms with E-state index in [9.17, 15) is 0 Å². The van der Waals surface area contributed by atoms with Crippen LogP contribution in [0.15, 0.2) is 46.1 Å². The van der Waals surface area contributed by atoms with Gasteiger partial charge in [0.1, 0.15) is 18.1 Å². The zero-order valence-corrected chi connectivity index (χ0v) is 17.2. The van der Waals surface area contributed by atoms with Crippen LogP contribution in [0.25, 0.3) is 11.4 Å². The molecule has 7 nitrogen and oxygen atoms in total. The normalized spacial score (nSPS) is 12.6. The molecule has 0 fully saturated rings. The van der Waals surface area contributed by atoms with E-state index in [1.165, 1.54) is 5.56 Å². The van der Waals surface area contributed by atoms with Crippen LogP contribution in [-0.2, 0) is 6.54 Å². The molecular formula is C20H26N6OS. The predicted molar refractivity (Wildman–Crippen MR) is 114 cm³/mol. The molecule has 1 aromatic carbocycles. The number of nitrogens with one attached hydrogen (secondary N) is 3.